The normalized spacial score (nSPS) is 27.4. The lowest BCUT2D eigenvalue weighted by Crippen LogP contribution is -2.21. The van der Waals surface area contributed by atoms with E-state index >= 15 is 0 Å². The number of aryl methyl sites for hydroxylation is 1. The van der Waals surface area contributed by atoms with Crippen LogP contribution in [0.25, 0.3) is 11.2 Å². The summed E-state index contributed by atoms with van der Waals surface area (Å²) < 4.78 is 5.65. The Morgan fingerprint density at radius 3 is 3.00 bits per heavy atom. The molecule has 16 heavy (non-hydrogen) atoms. The molecule has 2 aliphatic rings. The van der Waals surface area contributed by atoms with Crippen molar-refractivity contribution in [3.05, 3.63) is 18.2 Å². The molecule has 0 radical (unpaired) electrons. The highest BCUT2D eigenvalue weighted by Crippen LogP contribution is 2.47. The van der Waals surface area contributed by atoms with Crippen molar-refractivity contribution < 1.29 is 4.42 Å². The molecule has 1 saturated carbocycles. The standard InChI is InChI=1S/C12H13N3O/c1-7-14-12-11(16-7)10(2-3-13-12)15-5-8-4-9(8)6-15/h2-3,8-9H,4-6H2,1H3. The van der Waals surface area contributed by atoms with Gasteiger partial charge in [-0.15, -0.1) is 0 Å². The summed E-state index contributed by atoms with van der Waals surface area (Å²) in [4.78, 5) is 10.9. The van der Waals surface area contributed by atoms with Gasteiger partial charge in [0.15, 0.2) is 11.5 Å². The Bertz CT molecular complexity index is 552. The Labute approximate surface area is 93.3 Å². The molecule has 2 unspecified atom stereocenters. The fourth-order valence-corrected chi connectivity index (χ4v) is 2.77. The van der Waals surface area contributed by atoms with Gasteiger partial charge in [-0.25, -0.2) is 4.98 Å². The third kappa shape index (κ3) is 1.10. The largest absolute Gasteiger partial charge is 0.437 e. The van der Waals surface area contributed by atoms with Crippen LogP contribution in [0.2, 0.25) is 0 Å². The van der Waals surface area contributed by atoms with Gasteiger partial charge in [0, 0.05) is 26.2 Å². The van der Waals surface area contributed by atoms with Crippen LogP contribution in [0, 0.1) is 18.8 Å². The van der Waals surface area contributed by atoms with Crippen LogP contribution in [0.5, 0.6) is 0 Å². The minimum absolute atomic E-state index is 0.694. The van der Waals surface area contributed by atoms with E-state index in [0.29, 0.717) is 5.89 Å². The highest BCUT2D eigenvalue weighted by molar-refractivity contribution is 5.84. The second kappa shape index (κ2) is 2.75. The van der Waals surface area contributed by atoms with Gasteiger partial charge in [-0.1, -0.05) is 0 Å². The van der Waals surface area contributed by atoms with Crippen molar-refractivity contribution in [3.8, 4) is 0 Å². The Hall–Kier alpha value is -1.58. The highest BCUT2D eigenvalue weighted by atomic mass is 16.3. The van der Waals surface area contributed by atoms with Crippen molar-refractivity contribution >= 4 is 16.9 Å². The Morgan fingerprint density at radius 2 is 2.19 bits per heavy atom. The molecule has 3 heterocycles. The van der Waals surface area contributed by atoms with E-state index in [0.717, 1.165) is 28.8 Å². The van der Waals surface area contributed by atoms with Crippen LogP contribution in [0.1, 0.15) is 12.3 Å². The van der Waals surface area contributed by atoms with Gasteiger partial charge in [-0.2, -0.15) is 4.98 Å². The molecule has 1 saturated heterocycles. The molecule has 4 nitrogen and oxygen atoms in total. The van der Waals surface area contributed by atoms with Crippen LogP contribution in [-0.4, -0.2) is 23.1 Å². The number of hydrogen-bond donors (Lipinski definition) is 0. The maximum absolute atomic E-state index is 5.65. The quantitative estimate of drug-likeness (QED) is 0.729. The third-order valence-electron chi connectivity index (χ3n) is 3.70. The van der Waals surface area contributed by atoms with E-state index in [1.807, 2.05) is 19.2 Å². The van der Waals surface area contributed by atoms with Gasteiger partial charge >= 0.3 is 0 Å². The van der Waals surface area contributed by atoms with Crippen LogP contribution < -0.4 is 4.90 Å². The van der Waals surface area contributed by atoms with E-state index in [4.69, 9.17) is 4.42 Å². The highest BCUT2D eigenvalue weighted by Gasteiger charge is 2.45. The molecular weight excluding hydrogens is 202 g/mol. The average Bonchev–Trinajstić information content (AvgIpc) is 2.73. The van der Waals surface area contributed by atoms with E-state index < -0.39 is 0 Å². The summed E-state index contributed by atoms with van der Waals surface area (Å²) >= 11 is 0. The number of pyridine rings is 1. The smallest absolute Gasteiger partial charge is 0.200 e. The number of hydrogen-bond acceptors (Lipinski definition) is 4. The summed E-state index contributed by atoms with van der Waals surface area (Å²) in [7, 11) is 0. The van der Waals surface area contributed by atoms with Crippen molar-refractivity contribution in [2.45, 2.75) is 13.3 Å². The molecule has 4 rings (SSSR count). The topological polar surface area (TPSA) is 42.2 Å². The van der Waals surface area contributed by atoms with Crippen LogP contribution in [0.3, 0.4) is 0 Å². The van der Waals surface area contributed by atoms with Crippen LogP contribution in [0.4, 0.5) is 5.69 Å². The zero-order chi connectivity index (χ0) is 10.7. The van der Waals surface area contributed by atoms with Gasteiger partial charge in [0.1, 0.15) is 0 Å². The lowest BCUT2D eigenvalue weighted by atomic mass is 10.3. The van der Waals surface area contributed by atoms with Crippen LogP contribution in [0.15, 0.2) is 16.7 Å². The zero-order valence-electron chi connectivity index (χ0n) is 9.18. The molecule has 2 aromatic rings. The number of anilines is 1. The summed E-state index contributed by atoms with van der Waals surface area (Å²) in [6.45, 7) is 4.21. The number of piperidine rings is 1. The van der Waals surface area contributed by atoms with E-state index in [1.54, 1.807) is 0 Å². The summed E-state index contributed by atoms with van der Waals surface area (Å²) in [5, 5.41) is 0. The second-order valence-electron chi connectivity index (χ2n) is 4.88. The molecule has 2 atom stereocenters. The predicted octanol–water partition coefficient (Wildman–Crippen LogP) is 1.99. The molecule has 0 N–H and O–H groups in total. The Kier molecular flexibility index (Phi) is 1.47. The van der Waals surface area contributed by atoms with E-state index in [-0.39, 0.29) is 0 Å². The first-order valence-electron chi connectivity index (χ1n) is 5.78. The number of fused-ring (bicyclic) bond motifs is 2. The second-order valence-corrected chi connectivity index (χ2v) is 4.88. The summed E-state index contributed by atoms with van der Waals surface area (Å²) in [6.07, 6.45) is 3.24. The number of oxazole rings is 1. The average molecular weight is 215 g/mol. The summed E-state index contributed by atoms with van der Waals surface area (Å²) in [5.74, 6) is 2.54. The van der Waals surface area contributed by atoms with Gasteiger partial charge in [-0.05, 0) is 24.3 Å². The van der Waals surface area contributed by atoms with Crippen LogP contribution >= 0.6 is 0 Å². The monoisotopic (exact) mass is 215 g/mol. The number of aromatic nitrogens is 2. The molecule has 2 aromatic heterocycles. The lowest BCUT2D eigenvalue weighted by molar-refractivity contribution is 0.560. The van der Waals surface area contributed by atoms with Gasteiger partial charge in [0.05, 0.1) is 5.69 Å². The molecule has 1 aliphatic carbocycles. The Balaban J connectivity index is 1.83. The molecule has 82 valence electrons. The SMILES string of the molecule is Cc1nc2nccc(N3CC4CC4C3)c2o1. The lowest BCUT2D eigenvalue weighted by Gasteiger charge is -2.19. The minimum Gasteiger partial charge on any atom is -0.437 e. The number of nitrogens with zero attached hydrogens (tertiary/aromatic N) is 3. The third-order valence-corrected chi connectivity index (χ3v) is 3.70. The van der Waals surface area contributed by atoms with E-state index in [9.17, 15) is 0 Å². The molecule has 0 amide bonds. The Morgan fingerprint density at radius 1 is 1.38 bits per heavy atom. The van der Waals surface area contributed by atoms with Crippen molar-refractivity contribution in [2.75, 3.05) is 18.0 Å². The fourth-order valence-electron chi connectivity index (χ4n) is 2.77. The molecule has 0 aromatic carbocycles. The molecule has 1 aliphatic heterocycles. The van der Waals surface area contributed by atoms with E-state index in [1.165, 1.54) is 19.5 Å². The first kappa shape index (κ1) is 8.56. The maximum atomic E-state index is 5.65. The van der Waals surface area contributed by atoms with Crippen molar-refractivity contribution in [3.63, 3.8) is 0 Å². The fraction of sp³-hybridized carbons (Fsp3) is 0.500. The van der Waals surface area contributed by atoms with E-state index in [2.05, 4.69) is 14.9 Å². The molecular formula is C12H13N3O. The van der Waals surface area contributed by atoms with Crippen molar-refractivity contribution in [1.82, 2.24) is 9.97 Å². The molecule has 4 heteroatoms. The predicted molar refractivity (Wildman–Crippen MR) is 60.4 cm³/mol. The molecule has 0 spiro atoms. The first-order valence-corrected chi connectivity index (χ1v) is 5.78. The first-order chi connectivity index (χ1) is 7.81. The van der Waals surface area contributed by atoms with Gasteiger partial charge in [-0.3, -0.25) is 0 Å². The van der Waals surface area contributed by atoms with Gasteiger partial charge in [0.25, 0.3) is 0 Å². The van der Waals surface area contributed by atoms with Gasteiger partial charge < -0.3 is 9.32 Å². The summed E-state index contributed by atoms with van der Waals surface area (Å²) in [5.41, 5.74) is 2.75. The van der Waals surface area contributed by atoms with Crippen molar-refractivity contribution in [1.29, 1.82) is 0 Å². The number of rotatable bonds is 1. The summed E-state index contributed by atoms with van der Waals surface area (Å²) in [6, 6.07) is 2.04. The maximum Gasteiger partial charge on any atom is 0.200 e. The zero-order valence-corrected chi connectivity index (χ0v) is 9.18. The van der Waals surface area contributed by atoms with Crippen molar-refractivity contribution in [2.24, 2.45) is 11.8 Å². The van der Waals surface area contributed by atoms with Crippen LogP contribution in [-0.2, 0) is 0 Å². The molecule has 0 bridgehead atoms. The minimum atomic E-state index is 0.694. The molecule has 2 fully saturated rings. The van der Waals surface area contributed by atoms with Gasteiger partial charge in [0.2, 0.25) is 5.65 Å².